The Hall–Kier alpha value is -2.41. The molecule has 1 amide bonds. The number of aromatic nitrogens is 3. The molecule has 0 aromatic carbocycles. The van der Waals surface area contributed by atoms with Gasteiger partial charge in [-0.3, -0.25) is 9.48 Å². The first kappa shape index (κ1) is 14.2. The third kappa shape index (κ3) is 2.28. The summed E-state index contributed by atoms with van der Waals surface area (Å²) >= 11 is 0. The summed E-state index contributed by atoms with van der Waals surface area (Å²) < 4.78 is 1.81. The first-order chi connectivity index (χ1) is 11.2. The van der Waals surface area contributed by atoms with Gasteiger partial charge in [-0.2, -0.15) is 5.10 Å². The fourth-order valence-corrected chi connectivity index (χ4v) is 3.53. The van der Waals surface area contributed by atoms with Crippen LogP contribution in [-0.4, -0.2) is 32.4 Å². The number of fused-ring (bicyclic) bond motifs is 2. The summed E-state index contributed by atoms with van der Waals surface area (Å²) in [7, 11) is 0. The smallest absolute Gasteiger partial charge is 0.252 e. The molecule has 7 nitrogen and oxygen atoms in total. The SMILES string of the molecule is NC(=O)c1cc2c(nc1N1Cc3cnn(CCO)c3C1)CCC2. The first-order valence-electron chi connectivity index (χ1n) is 7.89. The molecule has 3 heterocycles. The van der Waals surface area contributed by atoms with Crippen LogP contribution < -0.4 is 10.6 Å². The molecule has 23 heavy (non-hydrogen) atoms. The van der Waals surface area contributed by atoms with Gasteiger partial charge in [-0.25, -0.2) is 4.98 Å². The number of carbonyl (C=O) groups excluding carboxylic acids is 1. The molecule has 2 aliphatic rings. The van der Waals surface area contributed by atoms with Crippen LogP contribution >= 0.6 is 0 Å². The number of hydrogen-bond acceptors (Lipinski definition) is 5. The van der Waals surface area contributed by atoms with E-state index >= 15 is 0 Å². The lowest BCUT2D eigenvalue weighted by Gasteiger charge is -2.20. The number of rotatable bonds is 4. The van der Waals surface area contributed by atoms with Crippen molar-refractivity contribution in [1.29, 1.82) is 0 Å². The zero-order valence-corrected chi connectivity index (χ0v) is 12.8. The summed E-state index contributed by atoms with van der Waals surface area (Å²) in [6, 6.07) is 1.91. The summed E-state index contributed by atoms with van der Waals surface area (Å²) in [5, 5.41) is 13.4. The Morgan fingerprint density at radius 1 is 1.30 bits per heavy atom. The van der Waals surface area contributed by atoms with Gasteiger partial charge in [-0.1, -0.05) is 0 Å². The Morgan fingerprint density at radius 2 is 2.17 bits per heavy atom. The Morgan fingerprint density at radius 3 is 2.96 bits per heavy atom. The number of amides is 1. The first-order valence-corrected chi connectivity index (χ1v) is 7.89. The van der Waals surface area contributed by atoms with Gasteiger partial charge in [-0.15, -0.1) is 0 Å². The summed E-state index contributed by atoms with van der Waals surface area (Å²) in [6.45, 7) is 1.81. The van der Waals surface area contributed by atoms with E-state index in [0.29, 0.717) is 31.0 Å². The molecule has 0 spiro atoms. The second-order valence-corrected chi connectivity index (χ2v) is 6.10. The quantitative estimate of drug-likeness (QED) is 0.850. The van der Waals surface area contributed by atoms with Gasteiger partial charge in [0.15, 0.2) is 0 Å². The summed E-state index contributed by atoms with van der Waals surface area (Å²) in [4.78, 5) is 18.7. The van der Waals surface area contributed by atoms with Crippen molar-refractivity contribution in [1.82, 2.24) is 14.8 Å². The highest BCUT2D eigenvalue weighted by molar-refractivity contribution is 5.98. The predicted molar refractivity (Wildman–Crippen MR) is 84.0 cm³/mol. The maximum Gasteiger partial charge on any atom is 0.252 e. The molecule has 4 rings (SSSR count). The van der Waals surface area contributed by atoms with E-state index in [0.717, 1.165) is 41.8 Å². The van der Waals surface area contributed by atoms with Crippen molar-refractivity contribution in [2.24, 2.45) is 5.73 Å². The van der Waals surface area contributed by atoms with E-state index in [9.17, 15) is 4.79 Å². The second kappa shape index (κ2) is 5.34. The van der Waals surface area contributed by atoms with Crippen molar-refractivity contribution in [2.45, 2.75) is 38.9 Å². The standard InChI is InChI=1S/C16H19N5O2/c17-15(23)12-6-10-2-1-3-13(10)19-16(12)20-8-11-7-18-21(4-5-22)14(11)9-20/h6-7,22H,1-5,8-9H2,(H2,17,23). The van der Waals surface area contributed by atoms with E-state index in [1.54, 1.807) is 0 Å². The Bertz CT molecular complexity index is 783. The zero-order chi connectivity index (χ0) is 16.0. The number of anilines is 1. The average molecular weight is 313 g/mol. The van der Waals surface area contributed by atoms with Gasteiger partial charge in [-0.05, 0) is 30.9 Å². The number of carbonyl (C=O) groups is 1. The molecular formula is C16H19N5O2. The molecular weight excluding hydrogens is 294 g/mol. The van der Waals surface area contributed by atoms with Crippen LogP contribution in [0.5, 0.6) is 0 Å². The lowest BCUT2D eigenvalue weighted by Crippen LogP contribution is -2.24. The van der Waals surface area contributed by atoms with Crippen LogP contribution in [0.3, 0.4) is 0 Å². The molecule has 7 heteroatoms. The topological polar surface area (TPSA) is 97.3 Å². The molecule has 0 atom stereocenters. The van der Waals surface area contributed by atoms with Crippen molar-refractivity contribution >= 4 is 11.7 Å². The maximum absolute atomic E-state index is 11.9. The van der Waals surface area contributed by atoms with Crippen LogP contribution in [-0.2, 0) is 32.5 Å². The van der Waals surface area contributed by atoms with Crippen LogP contribution in [0.25, 0.3) is 0 Å². The monoisotopic (exact) mass is 313 g/mol. The molecule has 0 fully saturated rings. The molecule has 1 aliphatic heterocycles. The van der Waals surface area contributed by atoms with Crippen molar-refractivity contribution in [3.8, 4) is 0 Å². The van der Waals surface area contributed by atoms with Gasteiger partial charge in [0.1, 0.15) is 5.82 Å². The number of pyridine rings is 1. The Labute approximate surface area is 133 Å². The minimum absolute atomic E-state index is 0.0533. The highest BCUT2D eigenvalue weighted by atomic mass is 16.3. The van der Waals surface area contributed by atoms with Crippen LogP contribution in [0.4, 0.5) is 5.82 Å². The number of primary amides is 1. The van der Waals surface area contributed by atoms with E-state index in [1.165, 1.54) is 0 Å². The summed E-state index contributed by atoms with van der Waals surface area (Å²) in [5.41, 5.74) is 10.5. The molecule has 0 radical (unpaired) electrons. The average Bonchev–Trinajstić information content (AvgIpc) is 3.21. The van der Waals surface area contributed by atoms with Gasteiger partial charge in [0.05, 0.1) is 37.2 Å². The number of aryl methyl sites for hydroxylation is 2. The van der Waals surface area contributed by atoms with Crippen LogP contribution in [0.1, 0.15) is 39.3 Å². The largest absolute Gasteiger partial charge is 0.394 e. The van der Waals surface area contributed by atoms with Crippen LogP contribution in [0.15, 0.2) is 12.3 Å². The molecule has 2 aromatic rings. The molecule has 2 aromatic heterocycles. The van der Waals surface area contributed by atoms with E-state index in [-0.39, 0.29) is 6.61 Å². The third-order valence-electron chi connectivity index (χ3n) is 4.64. The molecule has 1 aliphatic carbocycles. The van der Waals surface area contributed by atoms with Crippen molar-refractivity contribution < 1.29 is 9.90 Å². The normalized spacial score (nSPS) is 15.8. The van der Waals surface area contributed by atoms with Gasteiger partial charge < -0.3 is 15.7 Å². The number of hydrogen-bond donors (Lipinski definition) is 2. The number of nitrogens with two attached hydrogens (primary N) is 1. The minimum atomic E-state index is -0.435. The molecule has 0 saturated carbocycles. The van der Waals surface area contributed by atoms with E-state index in [2.05, 4.69) is 10.00 Å². The fourth-order valence-electron chi connectivity index (χ4n) is 3.53. The number of aliphatic hydroxyl groups excluding tert-OH is 1. The molecule has 3 N–H and O–H groups in total. The predicted octanol–water partition coefficient (Wildman–Crippen LogP) is 0.378. The zero-order valence-electron chi connectivity index (χ0n) is 12.8. The highest BCUT2D eigenvalue weighted by Crippen LogP contribution is 2.32. The number of aliphatic hydroxyl groups is 1. The minimum Gasteiger partial charge on any atom is -0.394 e. The molecule has 0 saturated heterocycles. The van der Waals surface area contributed by atoms with Gasteiger partial charge in [0.25, 0.3) is 5.91 Å². The summed E-state index contributed by atoms with van der Waals surface area (Å²) in [5.74, 6) is 0.236. The second-order valence-electron chi connectivity index (χ2n) is 6.10. The molecule has 0 bridgehead atoms. The maximum atomic E-state index is 11.9. The number of nitrogens with zero attached hydrogens (tertiary/aromatic N) is 4. The highest BCUT2D eigenvalue weighted by Gasteiger charge is 2.29. The fraction of sp³-hybridized carbons (Fsp3) is 0.438. The lowest BCUT2D eigenvalue weighted by molar-refractivity contribution is 0.100. The van der Waals surface area contributed by atoms with Gasteiger partial charge in [0.2, 0.25) is 0 Å². The molecule has 120 valence electrons. The van der Waals surface area contributed by atoms with E-state index in [1.807, 2.05) is 16.9 Å². The Kier molecular flexibility index (Phi) is 3.30. The van der Waals surface area contributed by atoms with Crippen LogP contribution in [0.2, 0.25) is 0 Å². The van der Waals surface area contributed by atoms with Crippen molar-refractivity contribution in [2.75, 3.05) is 11.5 Å². The Balaban J connectivity index is 1.70. The van der Waals surface area contributed by atoms with E-state index in [4.69, 9.17) is 15.8 Å². The summed E-state index contributed by atoms with van der Waals surface area (Å²) in [6.07, 6.45) is 4.83. The lowest BCUT2D eigenvalue weighted by atomic mass is 10.1. The molecule has 0 unspecified atom stereocenters. The van der Waals surface area contributed by atoms with Gasteiger partial charge in [0, 0.05) is 17.8 Å². The van der Waals surface area contributed by atoms with E-state index < -0.39 is 5.91 Å². The third-order valence-corrected chi connectivity index (χ3v) is 4.64. The van der Waals surface area contributed by atoms with Crippen LogP contribution in [0, 0.1) is 0 Å². The van der Waals surface area contributed by atoms with Crippen molar-refractivity contribution in [3.05, 3.63) is 40.3 Å². The van der Waals surface area contributed by atoms with Crippen molar-refractivity contribution in [3.63, 3.8) is 0 Å². The van der Waals surface area contributed by atoms with Gasteiger partial charge >= 0.3 is 0 Å².